The third-order valence-electron chi connectivity index (χ3n) is 2.78. The topological polar surface area (TPSA) is 102 Å². The average Bonchev–Trinajstić information content (AvgIpc) is 2.43. The van der Waals surface area contributed by atoms with Crippen molar-refractivity contribution in [3.05, 3.63) is 29.8 Å². The summed E-state index contributed by atoms with van der Waals surface area (Å²) in [5.74, 6) is -0.897. The molecular weight excluding hydrogens is 320 g/mol. The van der Waals surface area contributed by atoms with Crippen molar-refractivity contribution in [1.29, 1.82) is 0 Å². The molecular formula is C15H22N2O5S. The number of benzene rings is 1. The van der Waals surface area contributed by atoms with Crippen LogP contribution in [-0.4, -0.2) is 39.2 Å². The van der Waals surface area contributed by atoms with Gasteiger partial charge in [-0.2, -0.15) is 0 Å². The fourth-order valence-corrected chi connectivity index (χ4v) is 2.25. The van der Waals surface area contributed by atoms with Gasteiger partial charge >= 0.3 is 5.97 Å². The normalized spacial score (nSPS) is 12.6. The molecule has 0 saturated heterocycles. The molecule has 0 fully saturated rings. The van der Waals surface area contributed by atoms with Crippen molar-refractivity contribution in [1.82, 2.24) is 5.32 Å². The molecule has 1 rings (SSSR count). The Labute approximate surface area is 136 Å². The molecule has 0 bridgehead atoms. The summed E-state index contributed by atoms with van der Waals surface area (Å²) in [6.07, 6.45) is 0.00410. The number of carbonyl (C=O) groups excluding carboxylic acids is 2. The number of amides is 1. The zero-order valence-electron chi connectivity index (χ0n) is 13.6. The number of rotatable bonds is 7. The molecule has 0 unspecified atom stereocenters. The molecule has 0 saturated carbocycles. The van der Waals surface area contributed by atoms with Crippen molar-refractivity contribution in [3.63, 3.8) is 0 Å². The van der Waals surface area contributed by atoms with E-state index < -0.39 is 28.0 Å². The van der Waals surface area contributed by atoms with Crippen LogP contribution in [0, 0.1) is 5.92 Å². The summed E-state index contributed by atoms with van der Waals surface area (Å²) in [5, 5.41) is 2.66. The third-order valence-corrected chi connectivity index (χ3v) is 3.37. The maximum atomic E-state index is 12.2. The van der Waals surface area contributed by atoms with Crippen LogP contribution in [0.25, 0.3) is 0 Å². The van der Waals surface area contributed by atoms with Crippen molar-refractivity contribution in [3.8, 4) is 0 Å². The highest BCUT2D eigenvalue weighted by molar-refractivity contribution is 7.92. The summed E-state index contributed by atoms with van der Waals surface area (Å²) >= 11 is 0. The molecule has 0 aliphatic carbocycles. The van der Waals surface area contributed by atoms with Crippen molar-refractivity contribution in [2.24, 2.45) is 5.92 Å². The van der Waals surface area contributed by atoms with E-state index in [0.29, 0.717) is 6.54 Å². The number of hydrogen-bond donors (Lipinski definition) is 2. The molecule has 1 aromatic rings. The maximum absolute atomic E-state index is 12.2. The van der Waals surface area contributed by atoms with Crippen LogP contribution in [0.15, 0.2) is 24.3 Å². The van der Waals surface area contributed by atoms with Crippen LogP contribution in [0.3, 0.4) is 0 Å². The second-order valence-corrected chi connectivity index (χ2v) is 7.35. The van der Waals surface area contributed by atoms with Gasteiger partial charge in [0.2, 0.25) is 10.0 Å². The Morgan fingerprint density at radius 3 is 2.35 bits per heavy atom. The standard InChI is InChI=1S/C15H22N2O5S/c1-10(2)9-16-14(18)11(3)22-15(19)12-7-5-6-8-13(12)17-23(4,20)21/h5-8,10-11,17H,9H2,1-4H3,(H,16,18)/t11-/m1/s1. The highest BCUT2D eigenvalue weighted by Gasteiger charge is 2.21. The average molecular weight is 342 g/mol. The second-order valence-electron chi connectivity index (χ2n) is 5.61. The third kappa shape index (κ3) is 6.68. The minimum atomic E-state index is -3.53. The lowest BCUT2D eigenvalue weighted by molar-refractivity contribution is -0.129. The molecule has 128 valence electrons. The summed E-state index contributed by atoms with van der Waals surface area (Å²) in [6.45, 7) is 5.83. The molecule has 2 N–H and O–H groups in total. The van der Waals surface area contributed by atoms with Gasteiger partial charge in [0.1, 0.15) is 0 Å². The first-order valence-corrected chi connectivity index (χ1v) is 9.05. The van der Waals surface area contributed by atoms with E-state index in [1.165, 1.54) is 19.1 Å². The monoisotopic (exact) mass is 342 g/mol. The van der Waals surface area contributed by atoms with E-state index in [9.17, 15) is 18.0 Å². The van der Waals surface area contributed by atoms with Crippen molar-refractivity contribution < 1.29 is 22.7 Å². The fourth-order valence-electron chi connectivity index (χ4n) is 1.68. The van der Waals surface area contributed by atoms with E-state index in [1.54, 1.807) is 12.1 Å². The maximum Gasteiger partial charge on any atom is 0.341 e. The number of anilines is 1. The second kappa shape index (κ2) is 7.96. The van der Waals surface area contributed by atoms with Gasteiger partial charge in [-0.25, -0.2) is 13.2 Å². The number of sulfonamides is 1. The van der Waals surface area contributed by atoms with E-state index in [1.807, 2.05) is 13.8 Å². The first kappa shape index (κ1) is 19.0. The Hall–Kier alpha value is -2.09. The van der Waals surface area contributed by atoms with E-state index in [-0.39, 0.29) is 17.2 Å². The number of hydrogen-bond acceptors (Lipinski definition) is 5. The molecule has 1 atom stereocenters. The Morgan fingerprint density at radius 1 is 1.17 bits per heavy atom. The number of carbonyl (C=O) groups is 2. The summed E-state index contributed by atoms with van der Waals surface area (Å²) in [7, 11) is -3.53. The lowest BCUT2D eigenvalue weighted by Crippen LogP contribution is -2.37. The zero-order valence-corrected chi connectivity index (χ0v) is 14.4. The minimum Gasteiger partial charge on any atom is -0.449 e. The van der Waals surface area contributed by atoms with Crippen LogP contribution in [0.1, 0.15) is 31.1 Å². The van der Waals surface area contributed by atoms with Crippen LogP contribution in [0.4, 0.5) is 5.69 Å². The lowest BCUT2D eigenvalue weighted by Gasteiger charge is -2.16. The van der Waals surface area contributed by atoms with Gasteiger partial charge in [0.25, 0.3) is 5.91 Å². The van der Waals surface area contributed by atoms with Gasteiger partial charge in [-0.05, 0) is 25.0 Å². The molecule has 0 aromatic heterocycles. The Bertz CT molecular complexity index is 670. The van der Waals surface area contributed by atoms with Crippen LogP contribution < -0.4 is 10.0 Å². The van der Waals surface area contributed by atoms with E-state index in [0.717, 1.165) is 6.26 Å². The van der Waals surface area contributed by atoms with Gasteiger partial charge in [0, 0.05) is 6.54 Å². The summed E-state index contributed by atoms with van der Waals surface area (Å²) in [5.41, 5.74) is 0.149. The number of esters is 1. The smallest absolute Gasteiger partial charge is 0.341 e. The minimum absolute atomic E-state index is 0.0430. The van der Waals surface area contributed by atoms with Crippen molar-refractivity contribution in [2.45, 2.75) is 26.9 Å². The molecule has 8 heteroatoms. The van der Waals surface area contributed by atoms with Crippen molar-refractivity contribution in [2.75, 3.05) is 17.5 Å². The predicted molar refractivity (Wildman–Crippen MR) is 87.6 cm³/mol. The van der Waals surface area contributed by atoms with Gasteiger partial charge in [-0.3, -0.25) is 9.52 Å². The first-order chi connectivity index (χ1) is 10.6. The highest BCUT2D eigenvalue weighted by atomic mass is 32.2. The van der Waals surface area contributed by atoms with Gasteiger partial charge in [0.05, 0.1) is 17.5 Å². The van der Waals surface area contributed by atoms with E-state index in [2.05, 4.69) is 10.0 Å². The predicted octanol–water partition coefficient (Wildman–Crippen LogP) is 1.38. The van der Waals surface area contributed by atoms with Crippen LogP contribution in [0.2, 0.25) is 0 Å². The van der Waals surface area contributed by atoms with Gasteiger partial charge in [0.15, 0.2) is 6.10 Å². The number of para-hydroxylation sites is 1. The Balaban J connectivity index is 2.80. The quantitative estimate of drug-likeness (QED) is 0.729. The van der Waals surface area contributed by atoms with E-state index in [4.69, 9.17) is 4.74 Å². The molecule has 7 nitrogen and oxygen atoms in total. The molecule has 1 aromatic carbocycles. The zero-order chi connectivity index (χ0) is 17.6. The van der Waals surface area contributed by atoms with Gasteiger partial charge in [-0.1, -0.05) is 26.0 Å². The molecule has 0 aliphatic heterocycles. The molecule has 1 amide bonds. The summed E-state index contributed by atoms with van der Waals surface area (Å²) < 4.78 is 30.0. The van der Waals surface area contributed by atoms with Crippen LogP contribution >= 0.6 is 0 Å². The number of ether oxygens (including phenoxy) is 1. The molecule has 0 heterocycles. The lowest BCUT2D eigenvalue weighted by atomic mass is 10.2. The molecule has 23 heavy (non-hydrogen) atoms. The summed E-state index contributed by atoms with van der Waals surface area (Å²) in [4.78, 5) is 24.0. The number of nitrogens with one attached hydrogen (secondary N) is 2. The highest BCUT2D eigenvalue weighted by Crippen LogP contribution is 2.18. The Morgan fingerprint density at radius 2 is 1.78 bits per heavy atom. The fraction of sp³-hybridized carbons (Fsp3) is 0.467. The SMILES string of the molecule is CC(C)CNC(=O)[C@@H](C)OC(=O)c1ccccc1NS(C)(=O)=O. The largest absolute Gasteiger partial charge is 0.449 e. The van der Waals surface area contributed by atoms with E-state index >= 15 is 0 Å². The molecule has 0 spiro atoms. The molecule has 0 radical (unpaired) electrons. The van der Waals surface area contributed by atoms with Crippen LogP contribution in [0.5, 0.6) is 0 Å². The van der Waals surface area contributed by atoms with Gasteiger partial charge < -0.3 is 10.1 Å². The molecule has 0 aliphatic rings. The van der Waals surface area contributed by atoms with Crippen LogP contribution in [-0.2, 0) is 19.6 Å². The Kier molecular flexibility index (Phi) is 6.56. The van der Waals surface area contributed by atoms with Crippen molar-refractivity contribution >= 4 is 27.6 Å². The first-order valence-electron chi connectivity index (χ1n) is 7.15. The van der Waals surface area contributed by atoms with Gasteiger partial charge in [-0.15, -0.1) is 0 Å². The summed E-state index contributed by atoms with van der Waals surface area (Å²) in [6, 6.07) is 6.03.